The summed E-state index contributed by atoms with van der Waals surface area (Å²) in [4.78, 5) is 13.0. The Labute approximate surface area is 124 Å². The van der Waals surface area contributed by atoms with E-state index in [9.17, 15) is 4.79 Å². The third kappa shape index (κ3) is 3.44. The molecule has 1 heterocycles. The average Bonchev–Trinajstić information content (AvgIpc) is 2.74. The highest BCUT2D eigenvalue weighted by Gasteiger charge is 2.26. The van der Waals surface area contributed by atoms with Crippen molar-refractivity contribution in [2.24, 2.45) is 0 Å². The number of aliphatic carboxylic acids is 1. The third-order valence-electron chi connectivity index (χ3n) is 3.46. The van der Waals surface area contributed by atoms with E-state index in [1.54, 1.807) is 0 Å². The molecule has 1 aromatic rings. The van der Waals surface area contributed by atoms with Crippen LogP contribution in [0.5, 0.6) is 5.75 Å². The molecule has 0 fully saturated rings. The molecule has 1 aliphatic rings. The Morgan fingerprint density at radius 3 is 2.75 bits per heavy atom. The number of carboxylic acids is 1. The number of benzene rings is 1. The molecule has 0 unspecified atom stereocenters. The Kier molecular flexibility index (Phi) is 4.25. The fourth-order valence-corrected chi connectivity index (χ4v) is 2.63. The SMILES string of the molecule is CC(C)(C)N(CC(=O)O)Cc1cc(Cl)cc2c1OCC2. The van der Waals surface area contributed by atoms with Gasteiger partial charge in [0.05, 0.1) is 13.2 Å². The minimum absolute atomic E-state index is 0.00914. The van der Waals surface area contributed by atoms with E-state index in [0.717, 1.165) is 23.3 Å². The number of carbonyl (C=O) groups is 1. The van der Waals surface area contributed by atoms with Crippen LogP contribution in [0, 0.1) is 0 Å². The first-order valence-electron chi connectivity index (χ1n) is 6.68. The van der Waals surface area contributed by atoms with Gasteiger partial charge in [0.25, 0.3) is 0 Å². The number of rotatable bonds is 4. The van der Waals surface area contributed by atoms with Gasteiger partial charge >= 0.3 is 5.97 Å². The normalized spacial score (nSPS) is 14.2. The molecule has 1 aliphatic heterocycles. The number of halogens is 1. The van der Waals surface area contributed by atoms with E-state index in [2.05, 4.69) is 0 Å². The molecule has 0 aliphatic carbocycles. The van der Waals surface area contributed by atoms with Gasteiger partial charge < -0.3 is 9.84 Å². The molecule has 0 bridgehead atoms. The van der Waals surface area contributed by atoms with Crippen LogP contribution < -0.4 is 4.74 Å². The summed E-state index contributed by atoms with van der Waals surface area (Å²) in [5.41, 5.74) is 1.82. The Morgan fingerprint density at radius 2 is 2.15 bits per heavy atom. The molecule has 5 heteroatoms. The molecule has 0 saturated heterocycles. The molecule has 0 amide bonds. The second-order valence-electron chi connectivity index (χ2n) is 6.07. The number of hydrogen-bond donors (Lipinski definition) is 1. The zero-order chi connectivity index (χ0) is 14.9. The van der Waals surface area contributed by atoms with Crippen molar-refractivity contribution < 1.29 is 14.6 Å². The zero-order valence-corrected chi connectivity index (χ0v) is 12.8. The number of ether oxygens (including phenoxy) is 1. The summed E-state index contributed by atoms with van der Waals surface area (Å²) >= 11 is 6.14. The van der Waals surface area contributed by atoms with E-state index >= 15 is 0 Å². The number of nitrogens with zero attached hydrogens (tertiary/aromatic N) is 1. The molecule has 0 radical (unpaired) electrons. The first-order valence-corrected chi connectivity index (χ1v) is 7.06. The Bertz CT molecular complexity index is 523. The maximum Gasteiger partial charge on any atom is 0.317 e. The number of carboxylic acid groups (broad SMARTS) is 1. The molecule has 1 N–H and O–H groups in total. The van der Waals surface area contributed by atoms with Crippen LogP contribution in [0.1, 0.15) is 31.9 Å². The van der Waals surface area contributed by atoms with Gasteiger partial charge in [0.15, 0.2) is 0 Å². The van der Waals surface area contributed by atoms with E-state index in [4.69, 9.17) is 21.4 Å². The second-order valence-corrected chi connectivity index (χ2v) is 6.51. The fourth-order valence-electron chi connectivity index (χ4n) is 2.36. The van der Waals surface area contributed by atoms with Crippen molar-refractivity contribution in [3.63, 3.8) is 0 Å². The monoisotopic (exact) mass is 297 g/mol. The van der Waals surface area contributed by atoms with Crippen molar-refractivity contribution in [1.82, 2.24) is 4.90 Å². The molecule has 1 aromatic carbocycles. The van der Waals surface area contributed by atoms with Gasteiger partial charge in [-0.05, 0) is 38.5 Å². The lowest BCUT2D eigenvalue weighted by atomic mass is 10.0. The largest absolute Gasteiger partial charge is 0.493 e. The van der Waals surface area contributed by atoms with Gasteiger partial charge in [-0.2, -0.15) is 0 Å². The van der Waals surface area contributed by atoms with Crippen LogP contribution in [0.2, 0.25) is 5.02 Å². The maximum atomic E-state index is 11.0. The predicted octanol–water partition coefficient (Wildman–Crippen LogP) is 2.96. The quantitative estimate of drug-likeness (QED) is 0.928. The van der Waals surface area contributed by atoms with Crippen molar-refractivity contribution in [2.45, 2.75) is 39.3 Å². The van der Waals surface area contributed by atoms with Gasteiger partial charge in [0.1, 0.15) is 5.75 Å². The van der Waals surface area contributed by atoms with Crippen molar-refractivity contribution >= 4 is 17.6 Å². The highest BCUT2D eigenvalue weighted by Crippen LogP contribution is 2.34. The molecule has 0 aromatic heterocycles. The molecule has 0 saturated carbocycles. The van der Waals surface area contributed by atoms with Gasteiger partial charge in [-0.15, -0.1) is 0 Å². The molecular formula is C15H20ClNO3. The van der Waals surface area contributed by atoms with Gasteiger partial charge in [0.2, 0.25) is 0 Å². The van der Waals surface area contributed by atoms with Crippen LogP contribution in [0.25, 0.3) is 0 Å². The molecule has 2 rings (SSSR count). The lowest BCUT2D eigenvalue weighted by Crippen LogP contribution is -2.43. The second kappa shape index (κ2) is 5.62. The summed E-state index contributed by atoms with van der Waals surface area (Å²) in [6.45, 7) is 7.17. The highest BCUT2D eigenvalue weighted by atomic mass is 35.5. The van der Waals surface area contributed by atoms with Crippen LogP contribution in [-0.4, -0.2) is 34.7 Å². The van der Waals surface area contributed by atoms with E-state index in [1.165, 1.54) is 0 Å². The molecule has 20 heavy (non-hydrogen) atoms. The first-order chi connectivity index (χ1) is 9.27. The summed E-state index contributed by atoms with van der Waals surface area (Å²) in [5, 5.41) is 9.75. The highest BCUT2D eigenvalue weighted by molar-refractivity contribution is 6.30. The summed E-state index contributed by atoms with van der Waals surface area (Å²) in [6, 6.07) is 3.79. The Morgan fingerprint density at radius 1 is 1.45 bits per heavy atom. The van der Waals surface area contributed by atoms with Gasteiger partial charge in [0, 0.05) is 29.1 Å². The van der Waals surface area contributed by atoms with E-state index < -0.39 is 5.97 Å². The zero-order valence-electron chi connectivity index (χ0n) is 12.1. The fraction of sp³-hybridized carbons (Fsp3) is 0.533. The number of hydrogen-bond acceptors (Lipinski definition) is 3. The summed E-state index contributed by atoms with van der Waals surface area (Å²) in [6.07, 6.45) is 0.858. The van der Waals surface area contributed by atoms with Gasteiger partial charge in [-0.1, -0.05) is 11.6 Å². The van der Waals surface area contributed by atoms with E-state index in [0.29, 0.717) is 18.2 Å². The standard InChI is InChI=1S/C15H20ClNO3/c1-15(2,3)17(9-13(18)19)8-11-7-12(16)6-10-4-5-20-14(10)11/h6-7H,4-5,8-9H2,1-3H3,(H,18,19). The lowest BCUT2D eigenvalue weighted by molar-refractivity contribution is -0.139. The van der Waals surface area contributed by atoms with Crippen molar-refractivity contribution in [3.05, 3.63) is 28.3 Å². The predicted molar refractivity (Wildman–Crippen MR) is 78.4 cm³/mol. The molecular weight excluding hydrogens is 278 g/mol. The minimum Gasteiger partial charge on any atom is -0.493 e. The van der Waals surface area contributed by atoms with Crippen LogP contribution in [0.15, 0.2) is 12.1 Å². The van der Waals surface area contributed by atoms with Crippen molar-refractivity contribution in [2.75, 3.05) is 13.2 Å². The van der Waals surface area contributed by atoms with E-state index in [1.807, 2.05) is 37.8 Å². The third-order valence-corrected chi connectivity index (χ3v) is 3.68. The summed E-state index contributed by atoms with van der Waals surface area (Å²) < 4.78 is 5.67. The maximum absolute atomic E-state index is 11.0. The van der Waals surface area contributed by atoms with Crippen LogP contribution >= 0.6 is 11.6 Å². The number of fused-ring (bicyclic) bond motifs is 1. The molecule has 0 atom stereocenters. The Balaban J connectivity index is 2.29. The van der Waals surface area contributed by atoms with Crippen molar-refractivity contribution in [1.29, 1.82) is 0 Å². The van der Waals surface area contributed by atoms with Crippen molar-refractivity contribution in [3.8, 4) is 5.75 Å². The molecule has 110 valence electrons. The molecule has 4 nitrogen and oxygen atoms in total. The molecule has 0 spiro atoms. The van der Waals surface area contributed by atoms with E-state index in [-0.39, 0.29) is 12.1 Å². The first kappa shape index (κ1) is 15.1. The lowest BCUT2D eigenvalue weighted by Gasteiger charge is -2.34. The van der Waals surface area contributed by atoms with Crippen LogP contribution in [-0.2, 0) is 17.8 Å². The smallest absolute Gasteiger partial charge is 0.317 e. The minimum atomic E-state index is -0.834. The summed E-state index contributed by atoms with van der Waals surface area (Å²) in [7, 11) is 0. The van der Waals surface area contributed by atoms with Crippen LogP contribution in [0.4, 0.5) is 0 Å². The Hall–Kier alpha value is -1.26. The van der Waals surface area contributed by atoms with Crippen LogP contribution in [0.3, 0.4) is 0 Å². The average molecular weight is 298 g/mol. The van der Waals surface area contributed by atoms with Gasteiger partial charge in [-0.25, -0.2) is 0 Å². The van der Waals surface area contributed by atoms with Gasteiger partial charge in [-0.3, -0.25) is 9.69 Å². The summed E-state index contributed by atoms with van der Waals surface area (Å²) in [5.74, 6) is 0.0357. The topological polar surface area (TPSA) is 49.8 Å².